The highest BCUT2D eigenvalue weighted by atomic mass is 16.2. The number of nitrogens with zero attached hydrogens (tertiary/aromatic N) is 3. The van der Waals surface area contributed by atoms with Gasteiger partial charge in [-0.2, -0.15) is 0 Å². The Labute approximate surface area is 76.6 Å². The first-order valence-electron chi connectivity index (χ1n) is 4.31. The monoisotopic (exact) mass is 177 g/mol. The molecule has 0 bridgehead atoms. The second-order valence-corrected chi connectivity index (χ2v) is 3.41. The average Bonchev–Trinajstić information content (AvgIpc) is 2.39. The van der Waals surface area contributed by atoms with E-state index in [0.29, 0.717) is 6.42 Å². The summed E-state index contributed by atoms with van der Waals surface area (Å²) in [4.78, 5) is 21.3. The summed E-state index contributed by atoms with van der Waals surface area (Å²) in [6.07, 6.45) is 3.63. The van der Waals surface area contributed by atoms with E-state index in [1.165, 1.54) is 6.33 Å². The van der Waals surface area contributed by atoms with Crippen LogP contribution in [0.15, 0.2) is 12.5 Å². The van der Waals surface area contributed by atoms with Crippen molar-refractivity contribution in [2.75, 3.05) is 4.90 Å². The lowest BCUT2D eigenvalue weighted by Gasteiger charge is -2.20. The van der Waals surface area contributed by atoms with Gasteiger partial charge < -0.3 is 0 Å². The zero-order valence-electron chi connectivity index (χ0n) is 7.69. The second kappa shape index (κ2) is 2.80. The third-order valence-electron chi connectivity index (χ3n) is 2.12. The van der Waals surface area contributed by atoms with E-state index in [4.69, 9.17) is 0 Å². The highest BCUT2D eigenvalue weighted by Gasteiger charge is 2.30. The van der Waals surface area contributed by atoms with Crippen LogP contribution in [-0.2, 0) is 11.2 Å². The quantitative estimate of drug-likeness (QED) is 0.636. The summed E-state index contributed by atoms with van der Waals surface area (Å²) in [5, 5.41) is 0. The van der Waals surface area contributed by atoms with Gasteiger partial charge in [-0.15, -0.1) is 0 Å². The minimum Gasteiger partial charge on any atom is -0.294 e. The Bertz CT molecular complexity index is 348. The highest BCUT2D eigenvalue weighted by Crippen LogP contribution is 2.26. The van der Waals surface area contributed by atoms with Crippen molar-refractivity contribution in [3.8, 4) is 0 Å². The Morgan fingerprint density at radius 2 is 2.31 bits per heavy atom. The standard InChI is InChI=1S/C9H11N3O/c1-6(2)12-8(13)3-7-4-10-5-11-9(7)12/h4-6H,3H2,1-2H3. The molecule has 1 aliphatic rings. The molecule has 1 aromatic heterocycles. The maximum absolute atomic E-state index is 11.5. The first kappa shape index (κ1) is 8.16. The zero-order valence-corrected chi connectivity index (χ0v) is 7.69. The SMILES string of the molecule is CC(C)N1C(=O)Cc2cncnc21. The predicted octanol–water partition coefficient (Wildman–Crippen LogP) is 0.774. The summed E-state index contributed by atoms with van der Waals surface area (Å²) in [6, 6.07) is 0.170. The molecular weight excluding hydrogens is 166 g/mol. The topological polar surface area (TPSA) is 46.1 Å². The molecule has 0 aliphatic carbocycles. The van der Waals surface area contributed by atoms with Crippen LogP contribution < -0.4 is 4.90 Å². The molecule has 0 fully saturated rings. The van der Waals surface area contributed by atoms with E-state index in [-0.39, 0.29) is 11.9 Å². The van der Waals surface area contributed by atoms with Crippen molar-refractivity contribution in [1.82, 2.24) is 9.97 Å². The maximum atomic E-state index is 11.5. The Hall–Kier alpha value is -1.45. The molecule has 68 valence electrons. The molecule has 4 nitrogen and oxygen atoms in total. The van der Waals surface area contributed by atoms with Crippen LogP contribution in [0, 0.1) is 0 Å². The molecular formula is C9H11N3O. The summed E-state index contributed by atoms with van der Waals surface area (Å²) in [5.74, 6) is 0.889. The van der Waals surface area contributed by atoms with Gasteiger partial charge in [0.05, 0.1) is 6.42 Å². The van der Waals surface area contributed by atoms with E-state index in [1.807, 2.05) is 13.8 Å². The van der Waals surface area contributed by atoms with E-state index in [9.17, 15) is 4.79 Å². The fourth-order valence-electron chi connectivity index (χ4n) is 1.59. The van der Waals surface area contributed by atoms with E-state index in [2.05, 4.69) is 9.97 Å². The van der Waals surface area contributed by atoms with Crippen molar-refractivity contribution < 1.29 is 4.79 Å². The minimum absolute atomic E-state index is 0.116. The minimum atomic E-state index is 0.116. The Morgan fingerprint density at radius 1 is 1.54 bits per heavy atom. The molecule has 0 radical (unpaired) electrons. The van der Waals surface area contributed by atoms with Crippen molar-refractivity contribution >= 4 is 11.7 Å². The number of aromatic nitrogens is 2. The summed E-state index contributed by atoms with van der Waals surface area (Å²) < 4.78 is 0. The van der Waals surface area contributed by atoms with Crippen molar-refractivity contribution in [1.29, 1.82) is 0 Å². The molecule has 0 unspecified atom stereocenters. The van der Waals surface area contributed by atoms with Gasteiger partial charge in [0.25, 0.3) is 0 Å². The van der Waals surface area contributed by atoms with E-state index < -0.39 is 0 Å². The van der Waals surface area contributed by atoms with Gasteiger partial charge in [0.2, 0.25) is 5.91 Å². The molecule has 13 heavy (non-hydrogen) atoms. The molecule has 0 spiro atoms. The zero-order chi connectivity index (χ0) is 9.42. The van der Waals surface area contributed by atoms with Crippen molar-refractivity contribution in [3.63, 3.8) is 0 Å². The van der Waals surface area contributed by atoms with Crippen LogP contribution in [0.3, 0.4) is 0 Å². The molecule has 1 aliphatic heterocycles. The first-order chi connectivity index (χ1) is 6.20. The largest absolute Gasteiger partial charge is 0.294 e. The van der Waals surface area contributed by atoms with Gasteiger partial charge in [-0.1, -0.05) is 0 Å². The number of fused-ring (bicyclic) bond motifs is 1. The third kappa shape index (κ3) is 1.18. The van der Waals surface area contributed by atoms with Crippen LogP contribution >= 0.6 is 0 Å². The normalized spacial score (nSPS) is 15.3. The van der Waals surface area contributed by atoms with E-state index in [0.717, 1.165) is 11.4 Å². The molecule has 0 saturated heterocycles. The lowest BCUT2D eigenvalue weighted by molar-refractivity contribution is -0.117. The molecule has 0 saturated carbocycles. The number of rotatable bonds is 1. The molecule has 0 atom stereocenters. The summed E-state index contributed by atoms with van der Waals surface area (Å²) in [7, 11) is 0. The maximum Gasteiger partial charge on any atom is 0.233 e. The van der Waals surface area contributed by atoms with Crippen LogP contribution in [0.2, 0.25) is 0 Å². The van der Waals surface area contributed by atoms with Crippen molar-refractivity contribution in [3.05, 3.63) is 18.1 Å². The smallest absolute Gasteiger partial charge is 0.233 e. The average molecular weight is 177 g/mol. The van der Waals surface area contributed by atoms with Gasteiger partial charge in [0, 0.05) is 17.8 Å². The summed E-state index contributed by atoms with van der Waals surface area (Å²) in [6.45, 7) is 3.96. The van der Waals surface area contributed by atoms with Gasteiger partial charge in [-0.05, 0) is 13.8 Å². The van der Waals surface area contributed by atoms with Crippen LogP contribution in [0.25, 0.3) is 0 Å². The van der Waals surface area contributed by atoms with Crippen molar-refractivity contribution in [2.24, 2.45) is 0 Å². The number of anilines is 1. The number of carbonyl (C=O) groups is 1. The Kier molecular flexibility index (Phi) is 1.76. The number of hydrogen-bond acceptors (Lipinski definition) is 3. The van der Waals surface area contributed by atoms with Crippen LogP contribution in [0.4, 0.5) is 5.82 Å². The molecule has 0 aromatic carbocycles. The van der Waals surface area contributed by atoms with Gasteiger partial charge >= 0.3 is 0 Å². The van der Waals surface area contributed by atoms with E-state index in [1.54, 1.807) is 11.1 Å². The molecule has 2 heterocycles. The predicted molar refractivity (Wildman–Crippen MR) is 48.4 cm³/mol. The van der Waals surface area contributed by atoms with Gasteiger partial charge in [-0.25, -0.2) is 9.97 Å². The lowest BCUT2D eigenvalue weighted by Crippen LogP contribution is -2.33. The Balaban J connectivity index is 2.46. The number of carbonyl (C=O) groups excluding carboxylic acids is 1. The highest BCUT2D eigenvalue weighted by molar-refractivity contribution is 6.00. The fourth-order valence-corrected chi connectivity index (χ4v) is 1.59. The second-order valence-electron chi connectivity index (χ2n) is 3.41. The summed E-state index contributed by atoms with van der Waals surface area (Å²) >= 11 is 0. The van der Waals surface area contributed by atoms with Gasteiger partial charge in [-0.3, -0.25) is 9.69 Å². The summed E-state index contributed by atoms with van der Waals surface area (Å²) in [5.41, 5.74) is 0.932. The third-order valence-corrected chi connectivity index (χ3v) is 2.12. The van der Waals surface area contributed by atoms with Gasteiger partial charge in [0.15, 0.2) is 0 Å². The lowest BCUT2D eigenvalue weighted by atomic mass is 10.3. The number of amides is 1. The first-order valence-corrected chi connectivity index (χ1v) is 4.31. The van der Waals surface area contributed by atoms with E-state index >= 15 is 0 Å². The van der Waals surface area contributed by atoms with Crippen LogP contribution in [0.1, 0.15) is 19.4 Å². The molecule has 4 heteroatoms. The van der Waals surface area contributed by atoms with Gasteiger partial charge in [0.1, 0.15) is 12.1 Å². The molecule has 0 N–H and O–H groups in total. The van der Waals surface area contributed by atoms with Crippen LogP contribution in [0.5, 0.6) is 0 Å². The molecule has 1 aromatic rings. The fraction of sp³-hybridized carbons (Fsp3) is 0.444. The Morgan fingerprint density at radius 3 is 3.00 bits per heavy atom. The molecule has 1 amide bonds. The van der Waals surface area contributed by atoms with Crippen molar-refractivity contribution in [2.45, 2.75) is 26.3 Å². The van der Waals surface area contributed by atoms with Crippen LogP contribution in [-0.4, -0.2) is 21.9 Å². The molecule has 2 rings (SSSR count). The number of hydrogen-bond donors (Lipinski definition) is 0.